The summed E-state index contributed by atoms with van der Waals surface area (Å²) in [6.45, 7) is 3.98. The van der Waals surface area contributed by atoms with Gasteiger partial charge in [-0.2, -0.15) is 0 Å². The summed E-state index contributed by atoms with van der Waals surface area (Å²) in [6, 6.07) is 17.1. The van der Waals surface area contributed by atoms with Crippen LogP contribution in [0.5, 0.6) is 0 Å². The zero-order chi connectivity index (χ0) is 22.7. The topological polar surface area (TPSA) is 71.0 Å². The van der Waals surface area contributed by atoms with E-state index in [2.05, 4.69) is 5.32 Å². The van der Waals surface area contributed by atoms with Crippen LogP contribution in [0.4, 0.5) is 5.69 Å². The average molecular weight is 448 g/mol. The number of thioether (sulfide) groups is 1. The van der Waals surface area contributed by atoms with Gasteiger partial charge in [0.25, 0.3) is 0 Å². The summed E-state index contributed by atoms with van der Waals surface area (Å²) >= 11 is 1.47. The van der Waals surface area contributed by atoms with Crippen molar-refractivity contribution in [1.29, 1.82) is 0 Å². The summed E-state index contributed by atoms with van der Waals surface area (Å²) < 4.78 is 5.13. The summed E-state index contributed by atoms with van der Waals surface area (Å²) in [4.78, 5) is 32.4. The van der Waals surface area contributed by atoms with Crippen molar-refractivity contribution < 1.29 is 14.3 Å². The second kappa shape index (κ2) is 9.44. The number of carbonyl (C=O) groups is 2. The fourth-order valence-electron chi connectivity index (χ4n) is 3.87. The number of hydrogen-bond donors (Lipinski definition) is 1. The Hall–Kier alpha value is -3.32. The van der Waals surface area contributed by atoms with Crippen molar-refractivity contribution in [3.05, 3.63) is 88.1 Å². The summed E-state index contributed by atoms with van der Waals surface area (Å²) in [5, 5.41) is 5.66. The zero-order valence-electron chi connectivity index (χ0n) is 18.3. The molecular formula is C25H25N3O3S. The number of aryl methyl sites for hydroxylation is 1. The Labute approximate surface area is 192 Å². The number of methoxy groups -OCH3 is 1. The first-order valence-electron chi connectivity index (χ1n) is 10.5. The molecule has 0 bridgehead atoms. The molecule has 0 radical (unpaired) electrons. The van der Waals surface area contributed by atoms with Crippen LogP contribution in [0.15, 0.2) is 82.0 Å². The summed E-state index contributed by atoms with van der Waals surface area (Å²) in [5.74, 6) is -0.530. The minimum atomic E-state index is -0.404. The number of esters is 1. The number of ether oxygens (including phenoxy) is 1. The highest BCUT2D eigenvalue weighted by atomic mass is 32.2. The number of rotatable bonds is 6. The molecule has 1 amide bonds. The van der Waals surface area contributed by atoms with E-state index in [9.17, 15) is 9.59 Å². The van der Waals surface area contributed by atoms with E-state index >= 15 is 0 Å². The van der Waals surface area contributed by atoms with Gasteiger partial charge in [0, 0.05) is 11.4 Å². The molecule has 4 rings (SSSR count). The number of nitrogens with zero attached hydrogens (tertiary/aromatic N) is 2. The molecule has 0 aromatic heterocycles. The fourth-order valence-corrected chi connectivity index (χ4v) is 4.81. The van der Waals surface area contributed by atoms with Crippen LogP contribution in [-0.4, -0.2) is 29.1 Å². The number of carbonyl (C=O) groups excluding carboxylic acids is 2. The van der Waals surface area contributed by atoms with Gasteiger partial charge in [0.15, 0.2) is 5.17 Å². The molecule has 0 aliphatic carbocycles. The quantitative estimate of drug-likeness (QED) is 0.619. The molecule has 2 heterocycles. The summed E-state index contributed by atoms with van der Waals surface area (Å²) in [7, 11) is 1.38. The number of hydrogen-bond acceptors (Lipinski definition) is 6. The number of nitrogens with one attached hydrogen (secondary N) is 1. The lowest BCUT2D eigenvalue weighted by molar-refractivity contribution is -0.136. The van der Waals surface area contributed by atoms with E-state index in [4.69, 9.17) is 9.73 Å². The SMILES string of the molecule is CCC1=C(C(=O)OC)[C@H](c2ccccc2)N2C(CC(=O)Nc3ccc(C)cc3)=CSC2=N1. The maximum atomic E-state index is 12.8. The van der Waals surface area contributed by atoms with E-state index in [1.807, 2.05) is 78.8 Å². The van der Waals surface area contributed by atoms with Crippen molar-refractivity contribution in [3.8, 4) is 0 Å². The number of benzene rings is 2. The molecular weight excluding hydrogens is 422 g/mol. The first-order chi connectivity index (χ1) is 15.5. The molecule has 1 N–H and O–H groups in total. The van der Waals surface area contributed by atoms with Crippen LogP contribution in [0.25, 0.3) is 0 Å². The van der Waals surface area contributed by atoms with E-state index < -0.39 is 12.0 Å². The van der Waals surface area contributed by atoms with Gasteiger partial charge in [0.2, 0.25) is 5.91 Å². The molecule has 0 unspecified atom stereocenters. The predicted octanol–water partition coefficient (Wildman–Crippen LogP) is 5.16. The number of amides is 1. The lowest BCUT2D eigenvalue weighted by atomic mass is 9.93. The molecule has 0 spiro atoms. The molecule has 32 heavy (non-hydrogen) atoms. The van der Waals surface area contributed by atoms with Crippen LogP contribution >= 0.6 is 11.8 Å². The standard InChI is InChI=1S/C25H25N3O3S/c1-4-20-22(24(30)31-3)23(17-8-6-5-7-9-17)28-19(15-32-25(28)27-20)14-21(29)26-18-12-10-16(2)11-13-18/h5-13,15,23H,4,14H2,1-3H3,(H,26,29)/t23-/m0/s1. The Morgan fingerprint density at radius 3 is 2.50 bits per heavy atom. The van der Waals surface area contributed by atoms with Crippen LogP contribution in [0.3, 0.4) is 0 Å². The number of amidine groups is 1. The fraction of sp³-hybridized carbons (Fsp3) is 0.240. The van der Waals surface area contributed by atoms with Gasteiger partial charge in [0.1, 0.15) is 0 Å². The van der Waals surface area contributed by atoms with Gasteiger partial charge in [-0.3, -0.25) is 4.79 Å². The number of fused-ring (bicyclic) bond motifs is 1. The highest BCUT2D eigenvalue weighted by Gasteiger charge is 2.41. The molecule has 1 atom stereocenters. The first-order valence-corrected chi connectivity index (χ1v) is 11.4. The van der Waals surface area contributed by atoms with Crippen molar-refractivity contribution in [2.24, 2.45) is 4.99 Å². The van der Waals surface area contributed by atoms with Crippen molar-refractivity contribution in [2.45, 2.75) is 32.7 Å². The van der Waals surface area contributed by atoms with Crippen LogP contribution in [0, 0.1) is 6.92 Å². The second-order valence-corrected chi connectivity index (χ2v) is 8.44. The molecule has 0 saturated carbocycles. The Morgan fingerprint density at radius 2 is 1.84 bits per heavy atom. The number of aliphatic imine (C=N–C) groups is 1. The molecule has 0 saturated heterocycles. The Morgan fingerprint density at radius 1 is 1.12 bits per heavy atom. The van der Waals surface area contributed by atoms with Gasteiger partial charge in [-0.05, 0) is 36.4 Å². The minimum absolute atomic E-state index is 0.126. The van der Waals surface area contributed by atoms with E-state index in [0.29, 0.717) is 17.7 Å². The predicted molar refractivity (Wildman–Crippen MR) is 128 cm³/mol. The molecule has 7 heteroatoms. The average Bonchev–Trinajstić information content (AvgIpc) is 3.21. The third-order valence-electron chi connectivity index (χ3n) is 5.42. The third-order valence-corrected chi connectivity index (χ3v) is 6.31. The Bertz CT molecular complexity index is 1120. The van der Waals surface area contributed by atoms with E-state index in [0.717, 1.165) is 27.7 Å². The lowest BCUT2D eigenvalue weighted by Crippen LogP contribution is -2.37. The van der Waals surface area contributed by atoms with E-state index in [-0.39, 0.29) is 12.3 Å². The van der Waals surface area contributed by atoms with E-state index in [1.165, 1.54) is 18.9 Å². The van der Waals surface area contributed by atoms with Crippen LogP contribution in [-0.2, 0) is 14.3 Å². The van der Waals surface area contributed by atoms with Gasteiger partial charge in [-0.25, -0.2) is 9.79 Å². The molecule has 6 nitrogen and oxygen atoms in total. The molecule has 2 aromatic rings. The second-order valence-electron chi connectivity index (χ2n) is 7.60. The van der Waals surface area contributed by atoms with Gasteiger partial charge < -0.3 is 15.0 Å². The molecule has 2 aliphatic rings. The smallest absolute Gasteiger partial charge is 0.338 e. The molecule has 164 valence electrons. The van der Waals surface area contributed by atoms with Gasteiger partial charge in [0.05, 0.1) is 30.8 Å². The first kappa shape index (κ1) is 21.9. The van der Waals surface area contributed by atoms with Gasteiger partial charge in [-0.15, -0.1) is 0 Å². The largest absolute Gasteiger partial charge is 0.466 e. The normalized spacial score (nSPS) is 17.5. The van der Waals surface area contributed by atoms with Crippen molar-refractivity contribution in [1.82, 2.24) is 4.90 Å². The summed E-state index contributed by atoms with van der Waals surface area (Å²) in [6.07, 6.45) is 0.772. The van der Waals surface area contributed by atoms with E-state index in [1.54, 1.807) is 0 Å². The number of allylic oxidation sites excluding steroid dienone is 1. The van der Waals surface area contributed by atoms with Crippen LogP contribution in [0.1, 0.15) is 36.9 Å². The monoisotopic (exact) mass is 447 g/mol. The molecule has 0 fully saturated rings. The van der Waals surface area contributed by atoms with Gasteiger partial charge in [-0.1, -0.05) is 66.7 Å². The zero-order valence-corrected chi connectivity index (χ0v) is 19.1. The van der Waals surface area contributed by atoms with Crippen molar-refractivity contribution in [3.63, 3.8) is 0 Å². The maximum absolute atomic E-state index is 12.8. The van der Waals surface area contributed by atoms with Gasteiger partial charge >= 0.3 is 5.97 Å². The lowest BCUT2D eigenvalue weighted by Gasteiger charge is -2.36. The molecule has 2 aliphatic heterocycles. The molecule has 2 aromatic carbocycles. The van der Waals surface area contributed by atoms with Crippen LogP contribution in [0.2, 0.25) is 0 Å². The Balaban J connectivity index is 1.66. The summed E-state index contributed by atoms with van der Waals surface area (Å²) in [5.41, 5.74) is 4.84. The highest BCUT2D eigenvalue weighted by molar-refractivity contribution is 8.16. The number of anilines is 1. The maximum Gasteiger partial charge on any atom is 0.338 e. The van der Waals surface area contributed by atoms with Crippen molar-refractivity contribution >= 4 is 34.5 Å². The minimum Gasteiger partial charge on any atom is -0.466 e. The van der Waals surface area contributed by atoms with Crippen LogP contribution < -0.4 is 5.32 Å². The Kier molecular flexibility index (Phi) is 6.46. The third kappa shape index (κ3) is 4.34. The highest BCUT2D eigenvalue weighted by Crippen LogP contribution is 2.45. The van der Waals surface area contributed by atoms with Crippen molar-refractivity contribution in [2.75, 3.05) is 12.4 Å².